The van der Waals surface area contributed by atoms with Crippen LogP contribution in [0.15, 0.2) is 0 Å². The van der Waals surface area contributed by atoms with Gasteiger partial charge in [0.1, 0.15) is 0 Å². The van der Waals surface area contributed by atoms with E-state index in [1.54, 1.807) is 0 Å². The van der Waals surface area contributed by atoms with E-state index in [-0.39, 0.29) is 0 Å². The Kier molecular flexibility index (Phi) is 6.83. The summed E-state index contributed by atoms with van der Waals surface area (Å²) in [6, 6.07) is 0.750. The summed E-state index contributed by atoms with van der Waals surface area (Å²) in [6.07, 6.45) is 4.31. The van der Waals surface area contributed by atoms with Crippen molar-refractivity contribution in [2.75, 3.05) is 18.1 Å². The minimum Gasteiger partial charge on any atom is -0.313 e. The lowest BCUT2D eigenvalue weighted by molar-refractivity contribution is 0.185. The Balaban J connectivity index is 2.47. The summed E-state index contributed by atoms with van der Waals surface area (Å²) in [5.74, 6) is 5.33. The molecule has 0 aromatic heterocycles. The number of hydrogen-bond donors (Lipinski definition) is 1. The first-order chi connectivity index (χ1) is 7.67. The first-order valence-corrected chi connectivity index (χ1v) is 8.13. The average molecular weight is 243 g/mol. The topological polar surface area (TPSA) is 12.0 Å². The Labute approximate surface area is 106 Å². The molecule has 3 unspecified atom stereocenters. The zero-order chi connectivity index (χ0) is 12.0. The molecule has 0 bridgehead atoms. The standard InChI is InChI=1S/C14H29NS/c1-5-15-14(10-16-6-2)13-8-11(3)7-12(4)9-13/h11-15H,5-10H2,1-4H3. The van der Waals surface area contributed by atoms with Gasteiger partial charge in [0.15, 0.2) is 0 Å². The molecule has 0 heterocycles. The molecule has 0 radical (unpaired) electrons. The van der Waals surface area contributed by atoms with Crippen molar-refractivity contribution in [1.29, 1.82) is 0 Å². The van der Waals surface area contributed by atoms with Gasteiger partial charge in [0.2, 0.25) is 0 Å². The van der Waals surface area contributed by atoms with Crippen LogP contribution in [0.4, 0.5) is 0 Å². The largest absolute Gasteiger partial charge is 0.313 e. The molecule has 0 amide bonds. The van der Waals surface area contributed by atoms with Gasteiger partial charge in [0, 0.05) is 11.8 Å². The zero-order valence-electron chi connectivity index (χ0n) is 11.5. The van der Waals surface area contributed by atoms with E-state index < -0.39 is 0 Å². The van der Waals surface area contributed by atoms with Crippen LogP contribution in [0.1, 0.15) is 47.0 Å². The molecule has 2 heteroatoms. The van der Waals surface area contributed by atoms with Gasteiger partial charge in [-0.05, 0) is 49.3 Å². The van der Waals surface area contributed by atoms with Crippen LogP contribution in [0.25, 0.3) is 0 Å². The van der Waals surface area contributed by atoms with Gasteiger partial charge in [-0.15, -0.1) is 0 Å². The second-order valence-corrected chi connectivity index (χ2v) is 6.82. The lowest BCUT2D eigenvalue weighted by Crippen LogP contribution is -2.41. The van der Waals surface area contributed by atoms with Gasteiger partial charge in [-0.2, -0.15) is 11.8 Å². The molecule has 3 atom stereocenters. The summed E-state index contributed by atoms with van der Waals surface area (Å²) in [5, 5.41) is 3.71. The van der Waals surface area contributed by atoms with Gasteiger partial charge in [-0.25, -0.2) is 0 Å². The van der Waals surface area contributed by atoms with Crippen LogP contribution in [0, 0.1) is 17.8 Å². The number of nitrogens with one attached hydrogen (secondary N) is 1. The molecule has 1 aliphatic rings. The van der Waals surface area contributed by atoms with Crippen molar-refractivity contribution < 1.29 is 0 Å². The maximum absolute atomic E-state index is 3.71. The maximum Gasteiger partial charge on any atom is 0.0186 e. The second-order valence-electron chi connectivity index (χ2n) is 5.50. The number of hydrogen-bond acceptors (Lipinski definition) is 2. The van der Waals surface area contributed by atoms with E-state index >= 15 is 0 Å². The van der Waals surface area contributed by atoms with E-state index in [0.717, 1.165) is 30.3 Å². The third kappa shape index (κ3) is 4.67. The van der Waals surface area contributed by atoms with Crippen molar-refractivity contribution in [3.8, 4) is 0 Å². The van der Waals surface area contributed by atoms with E-state index in [4.69, 9.17) is 0 Å². The fourth-order valence-corrected chi connectivity index (χ4v) is 4.09. The van der Waals surface area contributed by atoms with Crippen molar-refractivity contribution in [2.24, 2.45) is 17.8 Å². The molecule has 0 aromatic rings. The van der Waals surface area contributed by atoms with Gasteiger partial charge in [-0.1, -0.05) is 27.7 Å². The third-order valence-electron chi connectivity index (χ3n) is 3.75. The van der Waals surface area contributed by atoms with Gasteiger partial charge >= 0.3 is 0 Å². The molecule has 1 fully saturated rings. The molecule has 1 nitrogen and oxygen atoms in total. The smallest absolute Gasteiger partial charge is 0.0186 e. The second kappa shape index (κ2) is 7.60. The molecule has 96 valence electrons. The van der Waals surface area contributed by atoms with Crippen LogP contribution < -0.4 is 5.32 Å². The molecule has 0 aromatic carbocycles. The predicted molar refractivity (Wildman–Crippen MR) is 76.1 cm³/mol. The van der Waals surface area contributed by atoms with Crippen LogP contribution >= 0.6 is 11.8 Å². The molecule has 1 saturated carbocycles. The van der Waals surface area contributed by atoms with Crippen molar-refractivity contribution in [3.05, 3.63) is 0 Å². The van der Waals surface area contributed by atoms with Gasteiger partial charge in [0.25, 0.3) is 0 Å². The van der Waals surface area contributed by atoms with E-state index in [9.17, 15) is 0 Å². The van der Waals surface area contributed by atoms with Crippen LogP contribution in [-0.2, 0) is 0 Å². The normalized spacial score (nSPS) is 32.6. The summed E-state index contributed by atoms with van der Waals surface area (Å²) < 4.78 is 0. The number of thioether (sulfide) groups is 1. The molecule has 1 rings (SSSR count). The van der Waals surface area contributed by atoms with Crippen molar-refractivity contribution in [1.82, 2.24) is 5.32 Å². The Hall–Kier alpha value is 0.310. The summed E-state index contributed by atoms with van der Waals surface area (Å²) in [4.78, 5) is 0. The molecule has 16 heavy (non-hydrogen) atoms. The Morgan fingerprint density at radius 1 is 1.12 bits per heavy atom. The third-order valence-corrected chi connectivity index (χ3v) is 4.75. The van der Waals surface area contributed by atoms with E-state index in [2.05, 4.69) is 44.8 Å². The highest BCUT2D eigenvalue weighted by molar-refractivity contribution is 7.99. The summed E-state index contributed by atoms with van der Waals surface area (Å²) in [6.45, 7) is 10.5. The fraction of sp³-hybridized carbons (Fsp3) is 1.00. The summed E-state index contributed by atoms with van der Waals surface area (Å²) >= 11 is 2.09. The zero-order valence-corrected chi connectivity index (χ0v) is 12.3. The first-order valence-electron chi connectivity index (χ1n) is 6.98. The Bertz CT molecular complexity index is 174. The minimum atomic E-state index is 0.750. The SMILES string of the molecule is CCNC(CSCC)C1CC(C)CC(C)C1. The summed E-state index contributed by atoms with van der Waals surface area (Å²) in [7, 11) is 0. The van der Waals surface area contributed by atoms with Crippen molar-refractivity contribution in [2.45, 2.75) is 53.0 Å². The Morgan fingerprint density at radius 2 is 1.75 bits per heavy atom. The molecule has 0 spiro atoms. The van der Waals surface area contributed by atoms with Gasteiger partial charge in [0.05, 0.1) is 0 Å². The minimum absolute atomic E-state index is 0.750. The average Bonchev–Trinajstić information content (AvgIpc) is 2.22. The lowest BCUT2D eigenvalue weighted by atomic mass is 9.74. The summed E-state index contributed by atoms with van der Waals surface area (Å²) in [5.41, 5.74) is 0. The van der Waals surface area contributed by atoms with Gasteiger partial charge in [-0.3, -0.25) is 0 Å². The monoisotopic (exact) mass is 243 g/mol. The fourth-order valence-electron chi connectivity index (χ4n) is 3.21. The van der Waals surface area contributed by atoms with Crippen LogP contribution in [-0.4, -0.2) is 24.1 Å². The molecular formula is C14H29NS. The molecular weight excluding hydrogens is 214 g/mol. The van der Waals surface area contributed by atoms with Crippen molar-refractivity contribution >= 4 is 11.8 Å². The van der Waals surface area contributed by atoms with Crippen LogP contribution in [0.3, 0.4) is 0 Å². The van der Waals surface area contributed by atoms with Gasteiger partial charge < -0.3 is 5.32 Å². The molecule has 0 aliphatic heterocycles. The predicted octanol–water partition coefficient (Wildman–Crippen LogP) is 3.79. The molecule has 0 saturated heterocycles. The van der Waals surface area contributed by atoms with Crippen LogP contribution in [0.2, 0.25) is 0 Å². The molecule has 1 aliphatic carbocycles. The maximum atomic E-state index is 3.71. The van der Waals surface area contributed by atoms with E-state index in [1.165, 1.54) is 30.8 Å². The number of rotatable bonds is 6. The van der Waals surface area contributed by atoms with Crippen molar-refractivity contribution in [3.63, 3.8) is 0 Å². The van der Waals surface area contributed by atoms with Crippen LogP contribution in [0.5, 0.6) is 0 Å². The van der Waals surface area contributed by atoms with E-state index in [1.807, 2.05) is 0 Å². The Morgan fingerprint density at radius 3 is 2.25 bits per heavy atom. The molecule has 1 N–H and O–H groups in total. The highest BCUT2D eigenvalue weighted by Crippen LogP contribution is 2.35. The van der Waals surface area contributed by atoms with E-state index in [0.29, 0.717) is 0 Å². The highest BCUT2D eigenvalue weighted by atomic mass is 32.2. The first kappa shape index (κ1) is 14.4. The highest BCUT2D eigenvalue weighted by Gasteiger charge is 2.29. The lowest BCUT2D eigenvalue weighted by Gasteiger charge is -2.36. The quantitative estimate of drug-likeness (QED) is 0.762.